The van der Waals surface area contributed by atoms with Crippen molar-refractivity contribution in [2.24, 2.45) is 49.3 Å². The van der Waals surface area contributed by atoms with Gasteiger partial charge in [-0.25, -0.2) is 23.3 Å². The lowest BCUT2D eigenvalue weighted by atomic mass is 9.98. The van der Waals surface area contributed by atoms with Gasteiger partial charge in [0.2, 0.25) is 22.2 Å². The topological polar surface area (TPSA) is 130 Å². The molecule has 16 rings (SSSR count). The molecule has 0 unspecified atom stereocenters. The molecule has 15 nitrogen and oxygen atoms in total. The van der Waals surface area contributed by atoms with E-state index in [2.05, 4.69) is 297 Å². The van der Waals surface area contributed by atoms with Crippen LogP contribution in [0.2, 0.25) is 0 Å². The number of fused-ring (bicyclic) bond motifs is 9. The van der Waals surface area contributed by atoms with E-state index in [1.807, 2.05) is 81.5 Å². The summed E-state index contributed by atoms with van der Waals surface area (Å²) >= 11 is 5.38. The molecule has 0 amide bonds. The fourth-order valence-corrected chi connectivity index (χ4v) is 17.5. The van der Waals surface area contributed by atoms with E-state index in [0.29, 0.717) is 0 Å². The predicted octanol–water partition coefficient (Wildman–Crippen LogP) is 16.0. The van der Waals surface area contributed by atoms with Gasteiger partial charge in [0.15, 0.2) is 27.8 Å². The summed E-state index contributed by atoms with van der Waals surface area (Å²) < 4.78 is 18.8. The first kappa shape index (κ1) is 77.9. The highest BCUT2D eigenvalue weighted by Gasteiger charge is 2.22. The number of aromatic nitrogens is 15. The third-order valence-electron chi connectivity index (χ3n) is 20.2. The molecule has 0 radical (unpaired) electrons. The van der Waals surface area contributed by atoms with Crippen molar-refractivity contribution in [1.29, 1.82) is 0 Å². The smallest absolute Gasteiger partial charge is 0.240 e. The number of thiazole rings is 1. The molecule has 0 N–H and O–H groups in total. The molecule has 0 bridgehead atoms. The first-order chi connectivity index (χ1) is 50.4. The van der Waals surface area contributed by atoms with Crippen LogP contribution in [0.3, 0.4) is 0 Å². The molecular formula is C87H106N15S3+7. The van der Waals surface area contributed by atoms with Crippen LogP contribution in [0.4, 0.5) is 0 Å². The average molecular weight is 1460 g/mol. The molecule has 0 spiro atoms. The minimum absolute atomic E-state index is 0.887. The standard InChI is InChI=1S/C18H20N.C16H17N2.C12H15N2.C11H14N3.C11H15N2S.C10H13N2S.C9H12N3S/c1-5-17-13(3)12(2)16-10-14-8-6-7-9-15(14)11-18(16)19(17)4;1-4-15-11(2)17-14-9-12-7-5-6-8-13(12)10-16(14)18(15)3;1-4-12-10-6-5-9(2)7-11(10)13-8-14(12)3;1-4-10-12-11-8(2)6-5-7-9(11)13-14(10)3;1-5-9-11-10(12-6-13(9)4)7(2)8(3)14-11;1-4-8-10-9(7(2)5-13-10)11-6-12(8)3;1-4-7-8-9(10-5-12(7)3)11-6(2)13-8/h6-11H,5H2,1-4H3;5-10H,4H2,1-3H3;5-8H,4H2,1-3H3;5-7H,4H2,1-3H3;6H,5H2,1-4H3;5-6H,4H2,1-3H3;5H,4H2,1-3H3/q7*+1. The summed E-state index contributed by atoms with van der Waals surface area (Å²) in [5.41, 5.74) is 27.1. The van der Waals surface area contributed by atoms with E-state index in [1.165, 1.54) is 141 Å². The van der Waals surface area contributed by atoms with E-state index < -0.39 is 0 Å². The normalized spacial score (nSPS) is 11.1. The molecule has 10 aromatic heterocycles. The molecule has 10 heterocycles. The number of pyridine rings is 1. The van der Waals surface area contributed by atoms with Gasteiger partial charge >= 0.3 is 5.82 Å². The van der Waals surface area contributed by atoms with Gasteiger partial charge < -0.3 is 0 Å². The minimum Gasteiger partial charge on any atom is -0.240 e. The number of thiophene rings is 2. The highest BCUT2D eigenvalue weighted by atomic mass is 32.1. The van der Waals surface area contributed by atoms with Crippen LogP contribution in [0.5, 0.6) is 0 Å². The van der Waals surface area contributed by atoms with Crippen LogP contribution in [-0.4, -0.2) is 40.0 Å². The number of benzene rings is 6. The largest absolute Gasteiger partial charge is 0.318 e. The Morgan fingerprint density at radius 2 is 0.914 bits per heavy atom. The minimum atomic E-state index is 0.887. The summed E-state index contributed by atoms with van der Waals surface area (Å²) in [4.78, 5) is 32.7. The Hall–Kier alpha value is -9.75. The van der Waals surface area contributed by atoms with Gasteiger partial charge in [-0.2, -0.15) is 14.1 Å². The van der Waals surface area contributed by atoms with Crippen LogP contribution in [0.25, 0.3) is 96.2 Å². The summed E-state index contributed by atoms with van der Waals surface area (Å²) in [6.07, 6.45) is 14.7. The van der Waals surface area contributed by atoms with Crippen molar-refractivity contribution in [3.63, 3.8) is 0 Å². The zero-order chi connectivity index (χ0) is 75.7. The van der Waals surface area contributed by atoms with Crippen molar-refractivity contribution in [1.82, 2.24) is 40.0 Å². The molecule has 18 heteroatoms. The lowest BCUT2D eigenvalue weighted by molar-refractivity contribution is -0.738. The first-order valence-electron chi connectivity index (χ1n) is 36.8. The summed E-state index contributed by atoms with van der Waals surface area (Å²) in [5, 5.41) is 15.5. The van der Waals surface area contributed by atoms with Gasteiger partial charge in [0.25, 0.3) is 31.0 Å². The van der Waals surface area contributed by atoms with Crippen LogP contribution < -0.4 is 32.1 Å². The maximum Gasteiger partial charge on any atom is 0.318 e. The van der Waals surface area contributed by atoms with Gasteiger partial charge in [-0.05, 0) is 156 Å². The number of hydrogen-bond acceptors (Lipinski definition) is 11. The van der Waals surface area contributed by atoms with Crippen molar-refractivity contribution in [3.8, 4) is 0 Å². The number of hydrogen-bond donors (Lipinski definition) is 0. The molecule has 0 atom stereocenters. The monoisotopic (exact) mass is 1460 g/mol. The number of aryl methyl sites for hydroxylation is 20. The third-order valence-corrected chi connectivity index (χ3v) is 23.6. The summed E-state index contributed by atoms with van der Waals surface area (Å²) in [5.74, 6) is 1.02. The summed E-state index contributed by atoms with van der Waals surface area (Å²) in [7, 11) is 14.4. The van der Waals surface area contributed by atoms with Gasteiger partial charge in [0.1, 0.15) is 69.2 Å². The van der Waals surface area contributed by atoms with Crippen molar-refractivity contribution in [2.75, 3.05) is 0 Å². The van der Waals surface area contributed by atoms with Gasteiger partial charge in [-0.3, -0.25) is 0 Å². The van der Waals surface area contributed by atoms with Crippen molar-refractivity contribution >= 4 is 130 Å². The fraction of sp³-hybridized carbons (Fsp3) is 0.345. The zero-order valence-electron chi connectivity index (χ0n) is 66.2. The molecule has 0 fully saturated rings. The Morgan fingerprint density at radius 1 is 0.371 bits per heavy atom. The maximum absolute atomic E-state index is 4.74. The zero-order valence-corrected chi connectivity index (χ0v) is 68.6. The SMILES string of the molecule is CCc1c(C)c(C)c2cc3ccccc3cc2[n+]1C.CCc1c(C)nc2cc3ccccc3cc2[n+]1C.CCc1c2ccc(C)cc2nc[n+]1C.CCc1c2sc(C)c(C)c2nc[n+]1C.CCc1c2sc(C)nc2nc[n+]1C.CCc1c2scc(C)c2nc[n+]1C.CCc1nc2c(C)cccc2n[n+]1C. The molecule has 540 valence electrons. The Labute approximate surface area is 632 Å². The van der Waals surface area contributed by atoms with E-state index in [0.717, 1.165) is 89.2 Å². The molecule has 16 aromatic rings. The van der Waals surface area contributed by atoms with Crippen molar-refractivity contribution in [3.05, 3.63) is 229 Å². The van der Waals surface area contributed by atoms with Gasteiger partial charge in [-0.15, -0.1) is 38.7 Å². The fourth-order valence-electron chi connectivity index (χ4n) is 14.1. The average Bonchev–Trinajstić information content (AvgIpc) is 1.72. The van der Waals surface area contributed by atoms with E-state index in [9.17, 15) is 0 Å². The highest BCUT2D eigenvalue weighted by molar-refractivity contribution is 7.19. The first-order valence-corrected chi connectivity index (χ1v) is 39.3. The molecule has 6 aromatic carbocycles. The van der Waals surface area contributed by atoms with Crippen LogP contribution >= 0.6 is 34.0 Å². The van der Waals surface area contributed by atoms with E-state index in [1.54, 1.807) is 22.7 Å². The Balaban J connectivity index is 0.000000132. The van der Waals surface area contributed by atoms with Crippen molar-refractivity contribution in [2.45, 2.75) is 156 Å². The third kappa shape index (κ3) is 16.8. The number of para-hydroxylation sites is 1. The molecule has 105 heavy (non-hydrogen) atoms. The molecule has 0 aliphatic carbocycles. The number of rotatable bonds is 7. The Kier molecular flexibility index (Phi) is 25.5. The van der Waals surface area contributed by atoms with Crippen LogP contribution in [-0.2, 0) is 94.3 Å². The lowest BCUT2D eigenvalue weighted by Gasteiger charge is -2.10. The second kappa shape index (κ2) is 34.4. The van der Waals surface area contributed by atoms with Gasteiger partial charge in [0.05, 0.1) is 50.4 Å². The summed E-state index contributed by atoms with van der Waals surface area (Å²) in [6, 6.07) is 38.6. The van der Waals surface area contributed by atoms with Crippen LogP contribution in [0, 0.1) is 62.3 Å². The molecular weight excluding hydrogens is 1350 g/mol. The van der Waals surface area contributed by atoms with E-state index in [-0.39, 0.29) is 0 Å². The predicted molar refractivity (Wildman–Crippen MR) is 435 cm³/mol. The second-order valence-electron chi connectivity index (χ2n) is 27.1. The maximum atomic E-state index is 4.74. The van der Waals surface area contributed by atoms with Crippen molar-refractivity contribution < 1.29 is 32.1 Å². The highest BCUT2D eigenvalue weighted by Crippen LogP contribution is 2.31. The van der Waals surface area contributed by atoms with Crippen LogP contribution in [0.15, 0.2) is 140 Å². The second-order valence-corrected chi connectivity index (χ2v) is 30.4. The molecule has 0 saturated heterocycles. The van der Waals surface area contributed by atoms with E-state index in [4.69, 9.17) is 4.98 Å². The Bertz CT molecular complexity index is 5840. The number of nitrogens with zero attached hydrogens (tertiary/aromatic N) is 15. The van der Waals surface area contributed by atoms with Gasteiger partial charge in [0, 0.05) is 77.8 Å². The molecule has 0 aliphatic rings. The van der Waals surface area contributed by atoms with E-state index >= 15 is 0 Å². The molecule has 0 aliphatic heterocycles. The lowest BCUT2D eigenvalue weighted by Crippen LogP contribution is -2.39. The van der Waals surface area contributed by atoms with Gasteiger partial charge in [-0.1, -0.05) is 120 Å². The summed E-state index contributed by atoms with van der Waals surface area (Å²) in [6.45, 7) is 34.4. The quantitative estimate of drug-likeness (QED) is 0.114. The Morgan fingerprint density at radius 3 is 1.53 bits per heavy atom. The molecule has 0 saturated carbocycles. The van der Waals surface area contributed by atoms with Crippen LogP contribution in [0.1, 0.15) is 137 Å².